The Bertz CT molecular complexity index is 85.9. The molecule has 10 heavy (non-hydrogen) atoms. The summed E-state index contributed by atoms with van der Waals surface area (Å²) in [6.45, 7) is 9.12. The minimum Gasteiger partial charge on any atom is -0.379 e. The first-order valence-corrected chi connectivity index (χ1v) is 3.32. The molecule has 0 spiro atoms. The molecule has 0 aromatic carbocycles. The second-order valence-corrected chi connectivity index (χ2v) is 3.22. The molecule has 0 aliphatic rings. The van der Waals surface area contributed by atoms with Crippen molar-refractivity contribution < 1.29 is 9.53 Å². The lowest BCUT2D eigenvalue weighted by atomic mass is 10.2. The maximum absolute atomic E-state index is 9.44. The first kappa shape index (κ1) is 12.3. The lowest BCUT2D eigenvalue weighted by molar-refractivity contribution is -0.114. The predicted octanol–water partition coefficient (Wildman–Crippen LogP) is 2.03. The summed E-state index contributed by atoms with van der Waals surface area (Å²) in [6, 6.07) is 0. The summed E-state index contributed by atoms with van der Waals surface area (Å²) in [5, 5.41) is 0. The minimum absolute atomic E-state index is 0.0417. The van der Waals surface area contributed by atoms with Gasteiger partial charge in [-0.15, -0.1) is 0 Å². The normalized spacial score (nSPS) is 9.80. The molecule has 0 aliphatic carbocycles. The third kappa shape index (κ3) is 48.5. The van der Waals surface area contributed by atoms with Crippen LogP contribution in [0.3, 0.4) is 0 Å². The van der Waals surface area contributed by atoms with Crippen LogP contribution in [0.1, 0.15) is 34.6 Å². The Morgan fingerprint density at radius 2 is 1.30 bits per heavy atom. The number of Topliss-reactive ketones (excluding diaryl/α,β-unsaturated/α-hetero) is 1. The van der Waals surface area contributed by atoms with Crippen molar-refractivity contribution in [2.24, 2.45) is 0 Å². The van der Waals surface area contributed by atoms with E-state index in [1.807, 2.05) is 20.8 Å². The molecule has 0 rings (SSSR count). The van der Waals surface area contributed by atoms with Crippen LogP contribution in [0, 0.1) is 0 Å². The molecule has 0 saturated heterocycles. The molecular weight excluding hydrogens is 128 g/mol. The second-order valence-electron chi connectivity index (χ2n) is 3.22. The number of rotatable bonds is 0. The third-order valence-electron chi connectivity index (χ3n) is 0.612. The van der Waals surface area contributed by atoms with E-state index in [9.17, 15) is 4.79 Å². The molecule has 62 valence electrons. The van der Waals surface area contributed by atoms with Crippen molar-refractivity contribution in [2.75, 3.05) is 7.11 Å². The molecule has 0 aliphatic heterocycles. The van der Waals surface area contributed by atoms with Gasteiger partial charge in [-0.3, -0.25) is 0 Å². The molecule has 2 heteroatoms. The fraction of sp³-hybridized carbons (Fsp3) is 0.875. The van der Waals surface area contributed by atoms with Crippen LogP contribution in [0.4, 0.5) is 0 Å². The van der Waals surface area contributed by atoms with Crippen LogP contribution in [0.2, 0.25) is 0 Å². The van der Waals surface area contributed by atoms with Crippen LogP contribution >= 0.6 is 0 Å². The molecule has 2 nitrogen and oxygen atoms in total. The Kier molecular flexibility index (Phi) is 6.67. The van der Waals surface area contributed by atoms with Gasteiger partial charge < -0.3 is 9.53 Å². The van der Waals surface area contributed by atoms with Gasteiger partial charge in [-0.25, -0.2) is 0 Å². The van der Waals surface area contributed by atoms with Crippen LogP contribution in [0.15, 0.2) is 0 Å². The number of hydrogen-bond acceptors (Lipinski definition) is 2. The van der Waals surface area contributed by atoms with E-state index in [0.29, 0.717) is 0 Å². The minimum atomic E-state index is 0.0417. The van der Waals surface area contributed by atoms with Crippen molar-refractivity contribution in [3.05, 3.63) is 0 Å². The molecule has 0 atom stereocenters. The van der Waals surface area contributed by atoms with Crippen LogP contribution in [-0.2, 0) is 9.53 Å². The monoisotopic (exact) mass is 146 g/mol. The molecule has 0 saturated carbocycles. The zero-order valence-corrected chi connectivity index (χ0v) is 7.82. The fourth-order valence-corrected chi connectivity index (χ4v) is 0. The number of ether oxygens (including phenoxy) is 1. The molecule has 0 radical (unpaired) electrons. The molecule has 0 N–H and O–H groups in total. The highest BCUT2D eigenvalue weighted by molar-refractivity contribution is 5.72. The van der Waals surface area contributed by atoms with Crippen LogP contribution in [-0.4, -0.2) is 18.5 Å². The van der Waals surface area contributed by atoms with Gasteiger partial charge in [0.1, 0.15) is 5.78 Å². The van der Waals surface area contributed by atoms with E-state index in [2.05, 4.69) is 0 Å². The van der Waals surface area contributed by atoms with Crippen molar-refractivity contribution in [1.82, 2.24) is 0 Å². The first-order valence-electron chi connectivity index (χ1n) is 3.32. The van der Waals surface area contributed by atoms with Crippen LogP contribution < -0.4 is 0 Å². The van der Waals surface area contributed by atoms with Gasteiger partial charge in [-0.05, 0) is 34.6 Å². The summed E-state index contributed by atoms with van der Waals surface area (Å²) in [7, 11) is 1.71. The maximum atomic E-state index is 9.44. The van der Waals surface area contributed by atoms with Gasteiger partial charge in [-0.2, -0.15) is 0 Å². The number of hydrogen-bond donors (Lipinski definition) is 0. The summed E-state index contributed by atoms with van der Waals surface area (Å²) in [5.41, 5.74) is 0.0417. The summed E-state index contributed by atoms with van der Waals surface area (Å²) < 4.78 is 4.94. The summed E-state index contributed by atoms with van der Waals surface area (Å²) in [5.74, 6) is 0.167. The van der Waals surface area contributed by atoms with E-state index in [0.717, 1.165) is 0 Å². The number of ketones is 1. The van der Waals surface area contributed by atoms with Crippen molar-refractivity contribution in [1.29, 1.82) is 0 Å². The molecular formula is C8H18O2. The second kappa shape index (κ2) is 5.42. The van der Waals surface area contributed by atoms with E-state index in [4.69, 9.17) is 4.74 Å². The molecule has 0 aromatic heterocycles. The first-order chi connectivity index (χ1) is 4.29. The van der Waals surface area contributed by atoms with Gasteiger partial charge in [0.15, 0.2) is 0 Å². The molecule has 0 bridgehead atoms. The Balaban J connectivity index is 0. The predicted molar refractivity (Wildman–Crippen MR) is 43.1 cm³/mol. The summed E-state index contributed by atoms with van der Waals surface area (Å²) >= 11 is 0. The quantitative estimate of drug-likeness (QED) is 0.522. The van der Waals surface area contributed by atoms with Gasteiger partial charge in [0, 0.05) is 7.11 Å². The summed E-state index contributed by atoms with van der Waals surface area (Å²) in [6.07, 6.45) is 0. The van der Waals surface area contributed by atoms with Crippen molar-refractivity contribution in [3.63, 3.8) is 0 Å². The number of carbonyl (C=O) groups is 1. The van der Waals surface area contributed by atoms with Crippen molar-refractivity contribution in [2.45, 2.75) is 40.2 Å². The third-order valence-corrected chi connectivity index (χ3v) is 0.612. The lowest BCUT2D eigenvalue weighted by Gasteiger charge is -2.14. The largest absolute Gasteiger partial charge is 0.379 e. The average molecular weight is 146 g/mol. The molecule has 0 unspecified atom stereocenters. The number of carbonyl (C=O) groups excluding carboxylic acids is 1. The van der Waals surface area contributed by atoms with E-state index in [-0.39, 0.29) is 11.4 Å². The van der Waals surface area contributed by atoms with E-state index in [1.54, 1.807) is 7.11 Å². The topological polar surface area (TPSA) is 26.3 Å². The number of methoxy groups -OCH3 is 1. The van der Waals surface area contributed by atoms with Gasteiger partial charge in [0.2, 0.25) is 0 Å². The van der Waals surface area contributed by atoms with Gasteiger partial charge in [-0.1, -0.05) is 0 Å². The summed E-state index contributed by atoms with van der Waals surface area (Å²) in [4.78, 5) is 9.44. The highest BCUT2D eigenvalue weighted by atomic mass is 16.5. The van der Waals surface area contributed by atoms with Gasteiger partial charge >= 0.3 is 0 Å². The van der Waals surface area contributed by atoms with E-state index >= 15 is 0 Å². The van der Waals surface area contributed by atoms with E-state index in [1.165, 1.54) is 13.8 Å². The molecule has 0 amide bonds. The molecule has 0 heterocycles. The maximum Gasteiger partial charge on any atom is 0.126 e. The Hall–Kier alpha value is -0.370. The Morgan fingerprint density at radius 1 is 1.20 bits per heavy atom. The van der Waals surface area contributed by atoms with Crippen LogP contribution in [0.25, 0.3) is 0 Å². The standard InChI is InChI=1S/C5H12O.C3H6O/c1-5(2,3)6-4;1-3(2)4/h1-4H3;1-2H3. The molecule has 0 fully saturated rings. The zero-order chi connectivity index (χ0) is 8.78. The average Bonchev–Trinajstić information content (AvgIpc) is 1.63. The zero-order valence-electron chi connectivity index (χ0n) is 7.82. The highest BCUT2D eigenvalue weighted by Gasteiger charge is 2.03. The van der Waals surface area contributed by atoms with E-state index < -0.39 is 0 Å². The highest BCUT2D eigenvalue weighted by Crippen LogP contribution is 2.02. The lowest BCUT2D eigenvalue weighted by Crippen LogP contribution is -2.15. The van der Waals surface area contributed by atoms with Gasteiger partial charge in [0.05, 0.1) is 5.60 Å². The SMILES string of the molecule is CC(C)=O.COC(C)(C)C. The van der Waals surface area contributed by atoms with Crippen LogP contribution in [0.5, 0.6) is 0 Å². The Labute approximate surface area is 63.6 Å². The molecule has 0 aromatic rings. The Morgan fingerprint density at radius 3 is 1.30 bits per heavy atom. The van der Waals surface area contributed by atoms with Crippen molar-refractivity contribution >= 4 is 5.78 Å². The van der Waals surface area contributed by atoms with Crippen molar-refractivity contribution in [3.8, 4) is 0 Å². The fourth-order valence-electron chi connectivity index (χ4n) is 0. The van der Waals surface area contributed by atoms with Gasteiger partial charge in [0.25, 0.3) is 0 Å². The smallest absolute Gasteiger partial charge is 0.126 e.